The lowest BCUT2D eigenvalue weighted by Crippen LogP contribution is -2.34. The van der Waals surface area contributed by atoms with Crippen molar-refractivity contribution in [3.8, 4) is 0 Å². The zero-order valence-corrected chi connectivity index (χ0v) is 16.5. The number of H-pyrrole nitrogens is 1. The van der Waals surface area contributed by atoms with Crippen molar-refractivity contribution in [3.05, 3.63) is 64.7 Å². The molecule has 10 heteroatoms. The van der Waals surface area contributed by atoms with Crippen LogP contribution in [0.15, 0.2) is 36.7 Å². The molecule has 8 nitrogen and oxygen atoms in total. The normalized spacial score (nSPS) is 16.1. The number of ketones is 1. The van der Waals surface area contributed by atoms with Crippen molar-refractivity contribution < 1.29 is 27.0 Å². The molecule has 4 N–H and O–H groups in total. The quantitative estimate of drug-likeness (QED) is 0.419. The van der Waals surface area contributed by atoms with Crippen molar-refractivity contribution in [1.29, 1.82) is 0 Å². The lowest BCUT2D eigenvalue weighted by atomic mass is 9.87. The van der Waals surface area contributed by atoms with Crippen LogP contribution in [0, 0.1) is 5.82 Å². The molecule has 0 atom stereocenters. The van der Waals surface area contributed by atoms with E-state index in [4.69, 9.17) is 5.73 Å². The SMILES string of the molecule is NC(=O)c1ccc(C2(S(=O)(=O)O)CCCC2)c(C(=O)c2c[nH]c3ncc(F)cc23)c1. The van der Waals surface area contributed by atoms with Gasteiger partial charge in [0, 0.05) is 28.3 Å². The van der Waals surface area contributed by atoms with Gasteiger partial charge in [0.05, 0.1) is 6.20 Å². The monoisotopic (exact) mass is 431 g/mol. The molecule has 2 aromatic heterocycles. The van der Waals surface area contributed by atoms with Gasteiger partial charge in [-0.3, -0.25) is 14.1 Å². The number of hydrogen-bond acceptors (Lipinski definition) is 5. The molecule has 30 heavy (non-hydrogen) atoms. The van der Waals surface area contributed by atoms with Gasteiger partial charge in [0.2, 0.25) is 5.91 Å². The first-order valence-corrected chi connectivity index (χ1v) is 10.7. The van der Waals surface area contributed by atoms with Crippen molar-refractivity contribution in [3.63, 3.8) is 0 Å². The van der Waals surface area contributed by atoms with Crippen LogP contribution in [0.1, 0.15) is 57.5 Å². The molecule has 0 radical (unpaired) electrons. The number of primary amides is 1. The van der Waals surface area contributed by atoms with Crippen LogP contribution in [0.25, 0.3) is 11.0 Å². The molecular formula is C20H18FN3O5S. The van der Waals surface area contributed by atoms with Gasteiger partial charge in [0.1, 0.15) is 16.2 Å². The number of hydrogen-bond donors (Lipinski definition) is 3. The molecule has 1 saturated carbocycles. The van der Waals surface area contributed by atoms with E-state index >= 15 is 0 Å². The summed E-state index contributed by atoms with van der Waals surface area (Å²) in [6.45, 7) is 0. The van der Waals surface area contributed by atoms with Crippen LogP contribution < -0.4 is 5.73 Å². The molecule has 0 bridgehead atoms. The number of amides is 1. The molecular weight excluding hydrogens is 413 g/mol. The Hall–Kier alpha value is -3.11. The van der Waals surface area contributed by atoms with E-state index in [1.807, 2.05) is 0 Å². The predicted molar refractivity (Wildman–Crippen MR) is 106 cm³/mol. The highest BCUT2D eigenvalue weighted by molar-refractivity contribution is 7.86. The number of benzene rings is 1. The van der Waals surface area contributed by atoms with Crippen LogP contribution in [-0.4, -0.2) is 34.6 Å². The van der Waals surface area contributed by atoms with E-state index in [2.05, 4.69) is 9.97 Å². The van der Waals surface area contributed by atoms with E-state index in [0.717, 1.165) is 12.3 Å². The molecule has 1 aliphatic rings. The molecule has 156 valence electrons. The Bertz CT molecular complexity index is 1290. The fourth-order valence-corrected chi connectivity index (χ4v) is 5.47. The summed E-state index contributed by atoms with van der Waals surface area (Å²) in [6.07, 6.45) is 3.70. The predicted octanol–water partition coefficient (Wildman–Crippen LogP) is 2.69. The van der Waals surface area contributed by atoms with Crippen molar-refractivity contribution >= 4 is 32.8 Å². The highest BCUT2D eigenvalue weighted by atomic mass is 32.2. The number of nitrogens with zero attached hydrogens (tertiary/aromatic N) is 1. The van der Waals surface area contributed by atoms with Gasteiger partial charge < -0.3 is 10.7 Å². The number of rotatable bonds is 5. The van der Waals surface area contributed by atoms with Crippen LogP contribution in [-0.2, 0) is 14.9 Å². The average Bonchev–Trinajstić information content (AvgIpc) is 3.34. The highest BCUT2D eigenvalue weighted by Gasteiger charge is 2.48. The van der Waals surface area contributed by atoms with Crippen LogP contribution in [0.3, 0.4) is 0 Å². The summed E-state index contributed by atoms with van der Waals surface area (Å²) in [4.78, 5) is 31.8. The third-order valence-electron chi connectivity index (χ3n) is 5.69. The summed E-state index contributed by atoms with van der Waals surface area (Å²) in [5.41, 5.74) is 5.70. The van der Waals surface area contributed by atoms with Gasteiger partial charge in [-0.2, -0.15) is 8.42 Å². The molecule has 0 aliphatic heterocycles. The van der Waals surface area contributed by atoms with E-state index < -0.39 is 32.4 Å². The molecule has 1 fully saturated rings. The minimum absolute atomic E-state index is 0.00901. The Morgan fingerprint density at radius 2 is 1.87 bits per heavy atom. The lowest BCUT2D eigenvalue weighted by Gasteiger charge is -2.28. The number of fused-ring (bicyclic) bond motifs is 1. The van der Waals surface area contributed by atoms with Crippen molar-refractivity contribution in [2.45, 2.75) is 30.4 Å². The van der Waals surface area contributed by atoms with Crippen LogP contribution in [0.4, 0.5) is 4.39 Å². The van der Waals surface area contributed by atoms with Gasteiger partial charge in [-0.05, 0) is 36.6 Å². The highest BCUT2D eigenvalue weighted by Crippen LogP contribution is 2.47. The zero-order valence-electron chi connectivity index (χ0n) is 15.7. The Morgan fingerprint density at radius 1 is 1.17 bits per heavy atom. The van der Waals surface area contributed by atoms with Gasteiger partial charge in [-0.15, -0.1) is 0 Å². The van der Waals surface area contributed by atoms with Gasteiger partial charge in [-0.1, -0.05) is 18.9 Å². The number of aromatic nitrogens is 2. The Kier molecular flexibility index (Phi) is 4.70. The maximum atomic E-state index is 13.7. The molecule has 0 spiro atoms. The fraction of sp³-hybridized carbons (Fsp3) is 0.250. The topological polar surface area (TPSA) is 143 Å². The van der Waals surface area contributed by atoms with E-state index in [1.54, 1.807) is 0 Å². The summed E-state index contributed by atoms with van der Waals surface area (Å²) in [6, 6.07) is 5.03. The molecule has 2 heterocycles. The minimum Gasteiger partial charge on any atom is -0.366 e. The number of carbonyl (C=O) groups is 2. The second-order valence-electron chi connectivity index (χ2n) is 7.38. The van der Waals surface area contributed by atoms with Crippen LogP contribution in [0.5, 0.6) is 0 Å². The van der Waals surface area contributed by atoms with E-state index in [-0.39, 0.29) is 46.1 Å². The first kappa shape index (κ1) is 20.2. The van der Waals surface area contributed by atoms with Crippen molar-refractivity contribution in [2.75, 3.05) is 0 Å². The van der Waals surface area contributed by atoms with Gasteiger partial charge in [0.25, 0.3) is 10.1 Å². The Morgan fingerprint density at radius 3 is 2.50 bits per heavy atom. The minimum atomic E-state index is -4.57. The standard InChI is InChI=1S/C20H18FN3O5S/c21-12-8-13-15(10-24-19(13)23-9-12)17(25)14-7-11(18(22)26)3-4-16(14)20(30(27,28)29)5-1-2-6-20/h3-4,7-10H,1-2,5-6H2,(H2,22,26)(H,23,24)(H,27,28,29). The first-order chi connectivity index (χ1) is 14.1. The van der Waals surface area contributed by atoms with Gasteiger partial charge >= 0.3 is 0 Å². The third kappa shape index (κ3) is 3.08. The maximum Gasteiger partial charge on any atom is 0.274 e. The average molecular weight is 431 g/mol. The van der Waals surface area contributed by atoms with E-state index in [0.29, 0.717) is 12.8 Å². The molecule has 0 unspecified atom stereocenters. The third-order valence-corrected chi connectivity index (χ3v) is 7.30. The van der Waals surface area contributed by atoms with Crippen LogP contribution >= 0.6 is 0 Å². The van der Waals surface area contributed by atoms with E-state index in [9.17, 15) is 27.0 Å². The number of nitrogens with two attached hydrogens (primary N) is 1. The number of pyridine rings is 1. The molecule has 3 aromatic rings. The number of carbonyl (C=O) groups excluding carboxylic acids is 2. The molecule has 0 saturated heterocycles. The Balaban J connectivity index is 1.98. The lowest BCUT2D eigenvalue weighted by molar-refractivity contribution is 0.1000. The summed E-state index contributed by atoms with van der Waals surface area (Å²) < 4.78 is 46.9. The van der Waals surface area contributed by atoms with Crippen LogP contribution in [0.2, 0.25) is 0 Å². The van der Waals surface area contributed by atoms with Crippen molar-refractivity contribution in [2.24, 2.45) is 5.73 Å². The first-order valence-electron chi connectivity index (χ1n) is 9.23. The van der Waals surface area contributed by atoms with Gasteiger partial charge in [0.15, 0.2) is 5.78 Å². The maximum absolute atomic E-state index is 13.7. The second-order valence-corrected chi connectivity index (χ2v) is 9.11. The Labute approximate surface area is 171 Å². The van der Waals surface area contributed by atoms with Gasteiger partial charge in [-0.25, -0.2) is 9.37 Å². The molecule has 1 aromatic carbocycles. The van der Waals surface area contributed by atoms with Crippen molar-refractivity contribution in [1.82, 2.24) is 9.97 Å². The number of nitrogens with one attached hydrogen (secondary N) is 1. The number of aromatic amines is 1. The second kappa shape index (κ2) is 6.99. The van der Waals surface area contributed by atoms with E-state index in [1.165, 1.54) is 24.4 Å². The molecule has 4 rings (SSSR count). The summed E-state index contributed by atoms with van der Waals surface area (Å²) in [7, 11) is -4.57. The summed E-state index contributed by atoms with van der Waals surface area (Å²) in [5, 5.41) is 0.211. The summed E-state index contributed by atoms with van der Waals surface area (Å²) in [5.74, 6) is -2.08. The zero-order chi connectivity index (χ0) is 21.7. The fourth-order valence-electron chi connectivity index (χ4n) is 4.21. The molecule has 1 amide bonds. The smallest absolute Gasteiger partial charge is 0.274 e. The summed E-state index contributed by atoms with van der Waals surface area (Å²) >= 11 is 0. The largest absolute Gasteiger partial charge is 0.366 e. The molecule has 1 aliphatic carbocycles. The number of halogens is 1.